The summed E-state index contributed by atoms with van der Waals surface area (Å²) in [6, 6.07) is 46.8. The zero-order valence-corrected chi connectivity index (χ0v) is 39.2. The average Bonchev–Trinajstić information content (AvgIpc) is 3.77. The maximum absolute atomic E-state index is 6.66. The van der Waals surface area contributed by atoms with Crippen LogP contribution in [0, 0.1) is 29.8 Å². The Bertz CT molecular complexity index is 3280. The van der Waals surface area contributed by atoms with Gasteiger partial charge in [0.05, 0.1) is 0 Å². The topological polar surface area (TPSA) is 36.4 Å². The van der Waals surface area contributed by atoms with Crippen LogP contribution >= 0.6 is 0 Å². The fourth-order valence-electron chi connectivity index (χ4n) is 9.34. The van der Waals surface area contributed by atoms with Crippen LogP contribution in [-0.4, -0.2) is 18.5 Å². The molecule has 0 saturated heterocycles. The Kier molecular flexibility index (Phi) is 9.91. The van der Waals surface area contributed by atoms with Crippen LogP contribution in [0.5, 0.6) is 11.5 Å². The number of aromatic nitrogens is 4. The van der Waals surface area contributed by atoms with Gasteiger partial charge in [-0.2, -0.15) is 0 Å². The maximum atomic E-state index is 6.66. The monoisotopic (exact) mass is 991 g/mol. The molecule has 0 spiro atoms. The second-order valence-electron chi connectivity index (χ2n) is 19.1. The number of aryl methyl sites for hydroxylation is 4. The number of imidazole rings is 1. The van der Waals surface area contributed by atoms with E-state index >= 15 is 0 Å². The first-order valence-electron chi connectivity index (χ1n) is 21.8. The number of ether oxygens (including phenoxy) is 1. The van der Waals surface area contributed by atoms with Gasteiger partial charge in [-0.05, 0) is 27.5 Å². The molecule has 5 aromatic carbocycles. The van der Waals surface area contributed by atoms with E-state index in [1.54, 1.807) is 0 Å². The molecule has 0 atom stereocenters. The van der Waals surface area contributed by atoms with Crippen molar-refractivity contribution in [2.45, 2.75) is 91.9 Å². The number of pyridine rings is 2. The fraction of sp³-hybridized carbons (Fsp3) is 0.250. The second-order valence-corrected chi connectivity index (χ2v) is 20.1. The van der Waals surface area contributed by atoms with Crippen molar-refractivity contribution >= 4 is 27.3 Å². The normalized spacial score (nSPS) is 13.3. The SMILES string of the molecule is Cc1c2ccc(c1C)CCc1ccc(c3cn(-c4[c-]c(Oc5[c-]c6c(cc5)c5ccccc5n6-c5cc(C(C)(C)C)c(-c6ccc(C(C)(C)C)cc6)cn5)ccc4)[c](=[Pt])n13)CC2. The van der Waals surface area contributed by atoms with Crippen LogP contribution < -0.4 is 4.74 Å². The van der Waals surface area contributed by atoms with Gasteiger partial charge in [-0.3, -0.25) is 0 Å². The van der Waals surface area contributed by atoms with E-state index in [0.717, 1.165) is 68.4 Å². The van der Waals surface area contributed by atoms with Gasteiger partial charge in [0.2, 0.25) is 0 Å². The van der Waals surface area contributed by atoms with Crippen LogP contribution in [0.25, 0.3) is 50.0 Å². The van der Waals surface area contributed by atoms with Gasteiger partial charge in [-0.25, -0.2) is 0 Å². The van der Waals surface area contributed by atoms with Crippen LogP contribution in [0.4, 0.5) is 0 Å². The van der Waals surface area contributed by atoms with Gasteiger partial charge >= 0.3 is 261 Å². The molecule has 0 unspecified atom stereocenters. The molecule has 0 saturated carbocycles. The van der Waals surface area contributed by atoms with Crippen molar-refractivity contribution < 1.29 is 24.1 Å². The van der Waals surface area contributed by atoms with E-state index in [1.807, 2.05) is 18.3 Å². The fourth-order valence-corrected chi connectivity index (χ4v) is 10.4. The zero-order chi connectivity index (χ0) is 43.1. The number of benzene rings is 5. The molecule has 6 heterocycles. The Morgan fingerprint density at radius 1 is 0.645 bits per heavy atom. The molecule has 6 heteroatoms. The average molecular weight is 992 g/mol. The first kappa shape index (κ1) is 40.3. The number of hydrogen-bond donors (Lipinski definition) is 0. The summed E-state index contributed by atoms with van der Waals surface area (Å²) in [5, 5.41) is 2.25. The van der Waals surface area contributed by atoms with E-state index < -0.39 is 0 Å². The van der Waals surface area contributed by atoms with Gasteiger partial charge in [0, 0.05) is 11.8 Å². The summed E-state index contributed by atoms with van der Waals surface area (Å²) in [6.07, 6.45) is 8.31. The van der Waals surface area contributed by atoms with Crippen molar-refractivity contribution in [2.24, 2.45) is 0 Å². The summed E-state index contributed by atoms with van der Waals surface area (Å²) in [5.41, 5.74) is 17.4. The first-order chi connectivity index (χ1) is 29.7. The van der Waals surface area contributed by atoms with Crippen LogP contribution in [0.15, 0.2) is 122 Å². The summed E-state index contributed by atoms with van der Waals surface area (Å²) in [5.74, 6) is 2.11. The first-order valence-corrected chi connectivity index (χ1v) is 22.9. The standard InChI is InChI=1S/C56H52N4O.Pt/c1-36-37(2)39-17-16-38(36)18-19-41-23-27-43(26-22-39)59-35-58(34-53(41)59)44-12-11-13-45(30-44)61-46-28-29-48-47-14-9-10-15-51(47)60(52(48)31-46)54-32-50(56(6,7)8)49(33-57-54)40-20-24-42(25-21-40)55(3,4)5;/h9-17,20-21,23-25,27-29,32-34H,18-19,22,26H2,1-8H3;/q-2;. The minimum atomic E-state index is -0.128. The number of fused-ring (bicyclic) bond motifs is 3. The predicted octanol–water partition coefficient (Wildman–Crippen LogP) is 13.5. The van der Waals surface area contributed by atoms with E-state index in [-0.39, 0.29) is 10.8 Å². The molecule has 13 rings (SSSR count). The predicted molar refractivity (Wildman–Crippen MR) is 250 cm³/mol. The Morgan fingerprint density at radius 2 is 1.34 bits per heavy atom. The minimum absolute atomic E-state index is 0.0889. The third-order valence-electron chi connectivity index (χ3n) is 13.0. The third kappa shape index (κ3) is 7.09. The van der Waals surface area contributed by atoms with Crippen LogP contribution in [-0.2, 0) is 55.9 Å². The number of hydrogen-bond acceptors (Lipinski definition) is 2. The molecule has 0 radical (unpaired) electrons. The summed E-state index contributed by atoms with van der Waals surface area (Å²) >= 11 is 2.48. The second kappa shape index (κ2) is 15.2. The van der Waals surface area contributed by atoms with E-state index in [4.69, 9.17) is 9.72 Å². The van der Waals surface area contributed by atoms with Gasteiger partial charge in [-0.1, -0.05) is 77.9 Å². The van der Waals surface area contributed by atoms with Gasteiger partial charge in [0.1, 0.15) is 0 Å². The quantitative estimate of drug-likeness (QED) is 0.161. The Labute approximate surface area is 376 Å². The molecular weight excluding hydrogens is 940 g/mol. The Morgan fingerprint density at radius 3 is 2.08 bits per heavy atom. The number of nitrogens with zero attached hydrogens (tertiary/aromatic N) is 4. The number of rotatable bonds is 5. The van der Waals surface area contributed by atoms with E-state index in [9.17, 15) is 0 Å². The van der Waals surface area contributed by atoms with Crippen molar-refractivity contribution in [3.63, 3.8) is 0 Å². The number of para-hydroxylation sites is 1. The van der Waals surface area contributed by atoms with Crippen molar-refractivity contribution in [3.05, 3.63) is 182 Å². The molecule has 9 aromatic rings. The van der Waals surface area contributed by atoms with Crippen molar-refractivity contribution in [2.75, 3.05) is 0 Å². The molecule has 4 aliphatic rings. The molecule has 0 amide bonds. The Balaban J connectivity index is 1.02. The zero-order valence-electron chi connectivity index (χ0n) is 36.9. The molecule has 0 N–H and O–H groups in total. The molecule has 2 aliphatic carbocycles. The summed E-state index contributed by atoms with van der Waals surface area (Å²) in [4.78, 5) is 5.18. The molecule has 4 aromatic heterocycles. The van der Waals surface area contributed by atoms with E-state index in [0.29, 0.717) is 11.5 Å². The van der Waals surface area contributed by atoms with Crippen LogP contribution in [0.3, 0.4) is 0 Å². The van der Waals surface area contributed by atoms with Crippen molar-refractivity contribution in [1.29, 1.82) is 0 Å². The molecule has 62 heavy (non-hydrogen) atoms. The molecule has 2 aliphatic heterocycles. The van der Waals surface area contributed by atoms with E-state index in [2.05, 4.69) is 204 Å². The molecule has 314 valence electrons. The van der Waals surface area contributed by atoms with E-state index in [1.165, 1.54) is 55.7 Å². The summed E-state index contributed by atoms with van der Waals surface area (Å²) in [7, 11) is 0. The van der Waals surface area contributed by atoms with Gasteiger partial charge in [-0.15, -0.1) is 0 Å². The van der Waals surface area contributed by atoms with Crippen LogP contribution in [0.1, 0.15) is 86.2 Å². The molecule has 0 fully saturated rings. The van der Waals surface area contributed by atoms with Crippen molar-refractivity contribution in [1.82, 2.24) is 18.5 Å². The van der Waals surface area contributed by atoms with Crippen LogP contribution in [0.2, 0.25) is 0 Å². The molecular formula is C56H52N4OPt-2. The Hall–Kier alpha value is -5.77. The summed E-state index contributed by atoms with van der Waals surface area (Å²) < 4.78 is 14.7. The summed E-state index contributed by atoms with van der Waals surface area (Å²) in [6.45, 7) is 18.2. The third-order valence-corrected chi connectivity index (χ3v) is 14.1. The molecule has 4 bridgehead atoms. The van der Waals surface area contributed by atoms with Gasteiger partial charge in [0.15, 0.2) is 0 Å². The van der Waals surface area contributed by atoms with Gasteiger partial charge < -0.3 is 0 Å². The van der Waals surface area contributed by atoms with Crippen molar-refractivity contribution in [3.8, 4) is 34.1 Å². The molecule has 5 nitrogen and oxygen atoms in total. The van der Waals surface area contributed by atoms with Gasteiger partial charge in [0.25, 0.3) is 0 Å².